The standard InChI is InChI=1S/C10H14BrN3S.HI/c1-14(8-2-3-8)10(12)13-5-7-4-9(11)15-6-7;/h4,6,8H,2-3,5H2,1H3,(H2,12,13);1H. The van der Waals surface area contributed by atoms with E-state index in [2.05, 4.69) is 37.3 Å². The summed E-state index contributed by atoms with van der Waals surface area (Å²) < 4.78 is 1.14. The summed E-state index contributed by atoms with van der Waals surface area (Å²) in [6.45, 7) is 0.672. The second-order valence-corrected chi connectivity index (χ2v) is 6.07. The van der Waals surface area contributed by atoms with Gasteiger partial charge in [0.2, 0.25) is 0 Å². The van der Waals surface area contributed by atoms with Crippen molar-refractivity contribution < 1.29 is 0 Å². The first-order chi connectivity index (χ1) is 7.16. The van der Waals surface area contributed by atoms with E-state index in [1.807, 2.05) is 7.05 Å². The molecular weight excluding hydrogens is 401 g/mol. The number of hydrogen-bond acceptors (Lipinski definition) is 2. The number of halogens is 2. The average molecular weight is 416 g/mol. The van der Waals surface area contributed by atoms with Gasteiger partial charge in [-0.2, -0.15) is 0 Å². The van der Waals surface area contributed by atoms with Gasteiger partial charge in [0, 0.05) is 13.1 Å². The average Bonchev–Trinajstić information content (AvgIpc) is 2.98. The van der Waals surface area contributed by atoms with Crippen molar-refractivity contribution in [3.05, 3.63) is 20.8 Å². The lowest BCUT2D eigenvalue weighted by Gasteiger charge is -2.16. The number of nitrogens with two attached hydrogens (primary N) is 1. The first kappa shape index (κ1) is 14.2. The van der Waals surface area contributed by atoms with Crippen molar-refractivity contribution in [2.24, 2.45) is 10.7 Å². The van der Waals surface area contributed by atoms with E-state index in [1.54, 1.807) is 11.3 Å². The Morgan fingerprint density at radius 3 is 2.88 bits per heavy atom. The summed E-state index contributed by atoms with van der Waals surface area (Å²) in [5.74, 6) is 0.653. The highest BCUT2D eigenvalue weighted by molar-refractivity contribution is 14.0. The lowest BCUT2D eigenvalue weighted by atomic mass is 10.3. The van der Waals surface area contributed by atoms with Gasteiger partial charge in [-0.25, -0.2) is 4.99 Å². The summed E-state index contributed by atoms with van der Waals surface area (Å²) >= 11 is 5.11. The molecule has 1 aliphatic carbocycles. The Bertz CT molecular complexity index is 376. The molecular formula is C10H15BrIN3S. The molecule has 0 amide bonds. The van der Waals surface area contributed by atoms with E-state index in [9.17, 15) is 0 Å². The topological polar surface area (TPSA) is 41.6 Å². The second-order valence-electron chi connectivity index (χ2n) is 3.78. The Morgan fingerprint density at radius 2 is 2.38 bits per heavy atom. The summed E-state index contributed by atoms with van der Waals surface area (Å²) in [6.07, 6.45) is 2.49. The van der Waals surface area contributed by atoms with Crippen LogP contribution in [0.2, 0.25) is 0 Å². The molecule has 0 radical (unpaired) electrons. The van der Waals surface area contributed by atoms with Crippen LogP contribution in [0.25, 0.3) is 0 Å². The van der Waals surface area contributed by atoms with Gasteiger partial charge in [0.25, 0.3) is 0 Å². The van der Waals surface area contributed by atoms with Gasteiger partial charge in [-0.3, -0.25) is 0 Å². The maximum Gasteiger partial charge on any atom is 0.191 e. The molecule has 1 aromatic heterocycles. The molecule has 0 unspecified atom stereocenters. The number of thiophene rings is 1. The minimum atomic E-state index is 0. The van der Waals surface area contributed by atoms with E-state index in [1.165, 1.54) is 18.4 Å². The molecule has 1 saturated carbocycles. The zero-order valence-corrected chi connectivity index (χ0v) is 13.8. The molecule has 0 saturated heterocycles. The van der Waals surface area contributed by atoms with Crippen LogP contribution in [0.5, 0.6) is 0 Å². The van der Waals surface area contributed by atoms with Crippen molar-refractivity contribution in [1.82, 2.24) is 4.90 Å². The molecule has 0 spiro atoms. The Labute approximate surface area is 125 Å². The van der Waals surface area contributed by atoms with Crippen LogP contribution in [0.1, 0.15) is 18.4 Å². The Balaban J connectivity index is 0.00000128. The van der Waals surface area contributed by atoms with Crippen molar-refractivity contribution in [3.8, 4) is 0 Å². The van der Waals surface area contributed by atoms with Crippen LogP contribution in [0.3, 0.4) is 0 Å². The number of rotatable bonds is 3. The van der Waals surface area contributed by atoms with Gasteiger partial charge in [-0.15, -0.1) is 35.3 Å². The molecule has 6 heteroatoms. The molecule has 2 rings (SSSR count). The molecule has 0 atom stereocenters. The third-order valence-electron chi connectivity index (χ3n) is 2.50. The van der Waals surface area contributed by atoms with E-state index < -0.39 is 0 Å². The van der Waals surface area contributed by atoms with Gasteiger partial charge in [0.15, 0.2) is 5.96 Å². The predicted octanol–water partition coefficient (Wildman–Crippen LogP) is 3.04. The normalized spacial score (nSPS) is 15.8. The maximum atomic E-state index is 5.88. The van der Waals surface area contributed by atoms with E-state index in [4.69, 9.17) is 5.73 Å². The van der Waals surface area contributed by atoms with Gasteiger partial charge < -0.3 is 10.6 Å². The molecule has 0 aliphatic heterocycles. The van der Waals surface area contributed by atoms with Crippen LogP contribution >= 0.6 is 51.2 Å². The van der Waals surface area contributed by atoms with E-state index in [-0.39, 0.29) is 24.0 Å². The number of hydrogen-bond donors (Lipinski definition) is 1. The minimum Gasteiger partial charge on any atom is -0.370 e. The van der Waals surface area contributed by atoms with Crippen molar-refractivity contribution in [2.45, 2.75) is 25.4 Å². The van der Waals surface area contributed by atoms with Gasteiger partial charge in [0.05, 0.1) is 10.3 Å². The summed E-state index contributed by atoms with van der Waals surface area (Å²) in [6, 6.07) is 2.71. The Morgan fingerprint density at radius 1 is 1.69 bits per heavy atom. The highest BCUT2D eigenvalue weighted by Crippen LogP contribution is 2.25. The summed E-state index contributed by atoms with van der Waals surface area (Å²) in [5.41, 5.74) is 7.09. The summed E-state index contributed by atoms with van der Waals surface area (Å²) in [7, 11) is 2.01. The zero-order chi connectivity index (χ0) is 10.8. The lowest BCUT2D eigenvalue weighted by Crippen LogP contribution is -2.35. The van der Waals surface area contributed by atoms with Crippen LogP contribution < -0.4 is 5.73 Å². The molecule has 1 aromatic rings. The van der Waals surface area contributed by atoms with Gasteiger partial charge >= 0.3 is 0 Å². The highest BCUT2D eigenvalue weighted by atomic mass is 127. The van der Waals surface area contributed by atoms with Crippen LogP contribution in [0.15, 0.2) is 20.2 Å². The molecule has 0 aromatic carbocycles. The summed E-state index contributed by atoms with van der Waals surface area (Å²) in [5, 5.41) is 2.10. The van der Waals surface area contributed by atoms with E-state index in [0.717, 1.165) is 3.79 Å². The fourth-order valence-corrected chi connectivity index (χ4v) is 2.56. The molecule has 16 heavy (non-hydrogen) atoms. The predicted molar refractivity (Wildman–Crippen MR) is 83.5 cm³/mol. The maximum absolute atomic E-state index is 5.88. The summed E-state index contributed by atoms with van der Waals surface area (Å²) in [4.78, 5) is 6.45. The molecule has 90 valence electrons. The molecule has 2 N–H and O–H groups in total. The molecule has 3 nitrogen and oxygen atoms in total. The van der Waals surface area contributed by atoms with Crippen LogP contribution in [0.4, 0.5) is 0 Å². The molecule has 1 heterocycles. The first-order valence-corrected chi connectivity index (χ1v) is 6.60. The van der Waals surface area contributed by atoms with Crippen LogP contribution in [-0.2, 0) is 6.54 Å². The first-order valence-electron chi connectivity index (χ1n) is 4.92. The third kappa shape index (κ3) is 3.89. The lowest BCUT2D eigenvalue weighted by molar-refractivity contribution is 0.487. The monoisotopic (exact) mass is 415 g/mol. The number of aliphatic imine (C=N–C) groups is 1. The molecule has 1 fully saturated rings. The van der Waals surface area contributed by atoms with Crippen LogP contribution in [-0.4, -0.2) is 23.9 Å². The second kappa shape index (κ2) is 6.20. The van der Waals surface area contributed by atoms with Gasteiger partial charge in [-0.1, -0.05) is 0 Å². The fraction of sp³-hybridized carbons (Fsp3) is 0.500. The fourth-order valence-electron chi connectivity index (χ4n) is 1.36. The smallest absolute Gasteiger partial charge is 0.191 e. The Hall–Kier alpha value is 0.180. The van der Waals surface area contributed by atoms with E-state index in [0.29, 0.717) is 18.5 Å². The largest absolute Gasteiger partial charge is 0.370 e. The molecule has 0 bridgehead atoms. The number of guanidine groups is 1. The van der Waals surface area contributed by atoms with Gasteiger partial charge in [-0.05, 0) is 45.8 Å². The van der Waals surface area contributed by atoms with Crippen molar-refractivity contribution in [1.29, 1.82) is 0 Å². The van der Waals surface area contributed by atoms with Crippen molar-refractivity contribution in [3.63, 3.8) is 0 Å². The third-order valence-corrected chi connectivity index (χ3v) is 4.05. The van der Waals surface area contributed by atoms with E-state index >= 15 is 0 Å². The van der Waals surface area contributed by atoms with Crippen LogP contribution in [0, 0.1) is 0 Å². The number of nitrogens with zero attached hydrogens (tertiary/aromatic N) is 2. The zero-order valence-electron chi connectivity index (χ0n) is 9.02. The Kier molecular flexibility index (Phi) is 5.52. The minimum absolute atomic E-state index is 0. The van der Waals surface area contributed by atoms with Crippen molar-refractivity contribution >= 4 is 57.2 Å². The quantitative estimate of drug-likeness (QED) is 0.468. The molecule has 1 aliphatic rings. The SMILES string of the molecule is CN(C(N)=NCc1csc(Br)c1)C1CC1.I. The van der Waals surface area contributed by atoms with Crippen molar-refractivity contribution in [2.75, 3.05) is 7.05 Å². The highest BCUT2D eigenvalue weighted by Gasteiger charge is 2.27. The van der Waals surface area contributed by atoms with Gasteiger partial charge in [0.1, 0.15) is 0 Å².